The number of benzene rings is 1. The molecule has 1 aromatic carbocycles. The van der Waals surface area contributed by atoms with Crippen molar-refractivity contribution in [2.24, 2.45) is 0 Å². The summed E-state index contributed by atoms with van der Waals surface area (Å²) in [6.45, 7) is 5.81. The third kappa shape index (κ3) is 4.76. The summed E-state index contributed by atoms with van der Waals surface area (Å²) in [7, 11) is 0. The Hall–Kier alpha value is -2.06. The summed E-state index contributed by atoms with van der Waals surface area (Å²) in [5.41, 5.74) is 1.15. The van der Waals surface area contributed by atoms with Crippen LogP contribution in [0.3, 0.4) is 0 Å². The SMILES string of the molecule is Cc1cccc(OCCC(=O)N2CCN(CC#N)CC2)c1. The Morgan fingerprint density at radius 1 is 1.33 bits per heavy atom. The fraction of sp³-hybridized carbons (Fsp3) is 0.500. The number of nitrogens with zero attached hydrogens (tertiary/aromatic N) is 3. The normalized spacial score (nSPS) is 15.5. The summed E-state index contributed by atoms with van der Waals surface area (Å²) in [5, 5.41) is 8.65. The molecule has 0 atom stereocenters. The molecule has 0 saturated carbocycles. The lowest BCUT2D eigenvalue weighted by atomic mass is 10.2. The first-order valence-corrected chi connectivity index (χ1v) is 7.25. The predicted octanol–water partition coefficient (Wildman–Crippen LogP) is 1.43. The van der Waals surface area contributed by atoms with E-state index in [-0.39, 0.29) is 5.91 Å². The van der Waals surface area contributed by atoms with Gasteiger partial charge in [-0.2, -0.15) is 5.26 Å². The van der Waals surface area contributed by atoms with Crippen molar-refractivity contribution in [1.82, 2.24) is 9.80 Å². The van der Waals surface area contributed by atoms with E-state index >= 15 is 0 Å². The third-order valence-electron chi connectivity index (χ3n) is 3.59. The minimum absolute atomic E-state index is 0.124. The number of carbonyl (C=O) groups is 1. The van der Waals surface area contributed by atoms with Gasteiger partial charge < -0.3 is 9.64 Å². The van der Waals surface area contributed by atoms with Crippen molar-refractivity contribution in [1.29, 1.82) is 5.26 Å². The minimum Gasteiger partial charge on any atom is -0.493 e. The Kier molecular flexibility index (Phi) is 5.59. The van der Waals surface area contributed by atoms with Gasteiger partial charge in [-0.05, 0) is 24.6 Å². The smallest absolute Gasteiger partial charge is 0.226 e. The topological polar surface area (TPSA) is 56.6 Å². The molecule has 1 amide bonds. The van der Waals surface area contributed by atoms with E-state index in [1.54, 1.807) is 0 Å². The zero-order chi connectivity index (χ0) is 15.1. The molecule has 5 nitrogen and oxygen atoms in total. The summed E-state index contributed by atoms with van der Waals surface area (Å²) < 4.78 is 5.61. The lowest BCUT2D eigenvalue weighted by Gasteiger charge is -2.33. The van der Waals surface area contributed by atoms with E-state index in [4.69, 9.17) is 10.00 Å². The predicted molar refractivity (Wildman–Crippen MR) is 79.9 cm³/mol. The van der Waals surface area contributed by atoms with E-state index in [0.717, 1.165) is 24.4 Å². The monoisotopic (exact) mass is 287 g/mol. The van der Waals surface area contributed by atoms with Gasteiger partial charge in [0.25, 0.3) is 0 Å². The molecule has 0 aromatic heterocycles. The molecule has 1 fully saturated rings. The van der Waals surface area contributed by atoms with Crippen LogP contribution < -0.4 is 4.74 Å². The molecule has 0 radical (unpaired) electrons. The molecule has 112 valence electrons. The van der Waals surface area contributed by atoms with Crippen LogP contribution >= 0.6 is 0 Å². The maximum Gasteiger partial charge on any atom is 0.226 e. The van der Waals surface area contributed by atoms with Crippen molar-refractivity contribution in [3.8, 4) is 11.8 Å². The van der Waals surface area contributed by atoms with Crippen molar-refractivity contribution >= 4 is 5.91 Å². The Balaban J connectivity index is 1.70. The number of nitriles is 1. The van der Waals surface area contributed by atoms with Crippen molar-refractivity contribution in [3.63, 3.8) is 0 Å². The maximum atomic E-state index is 12.1. The van der Waals surface area contributed by atoms with E-state index < -0.39 is 0 Å². The molecule has 1 aromatic rings. The van der Waals surface area contributed by atoms with Crippen LogP contribution in [-0.4, -0.2) is 55.0 Å². The van der Waals surface area contributed by atoms with Crippen LogP contribution in [0.25, 0.3) is 0 Å². The van der Waals surface area contributed by atoms with Gasteiger partial charge in [-0.3, -0.25) is 9.69 Å². The number of piperazine rings is 1. The van der Waals surface area contributed by atoms with Gasteiger partial charge >= 0.3 is 0 Å². The molecule has 0 bridgehead atoms. The summed E-state index contributed by atoms with van der Waals surface area (Å²) in [5.74, 6) is 0.931. The van der Waals surface area contributed by atoms with Gasteiger partial charge in [0, 0.05) is 26.2 Å². The number of hydrogen-bond acceptors (Lipinski definition) is 4. The molecule has 5 heteroatoms. The molecule has 1 saturated heterocycles. The lowest BCUT2D eigenvalue weighted by molar-refractivity contribution is -0.133. The second-order valence-electron chi connectivity index (χ2n) is 5.23. The Morgan fingerprint density at radius 2 is 2.10 bits per heavy atom. The van der Waals surface area contributed by atoms with Gasteiger partial charge in [0.05, 0.1) is 25.6 Å². The second-order valence-corrected chi connectivity index (χ2v) is 5.23. The average molecular weight is 287 g/mol. The molecule has 0 spiro atoms. The van der Waals surface area contributed by atoms with Crippen LogP contribution in [0.15, 0.2) is 24.3 Å². The van der Waals surface area contributed by atoms with E-state index in [0.29, 0.717) is 32.7 Å². The molecule has 21 heavy (non-hydrogen) atoms. The van der Waals surface area contributed by atoms with E-state index in [9.17, 15) is 4.79 Å². The second kappa shape index (κ2) is 7.65. The molecular weight excluding hydrogens is 266 g/mol. The average Bonchev–Trinajstić information content (AvgIpc) is 2.48. The van der Waals surface area contributed by atoms with Gasteiger partial charge in [-0.15, -0.1) is 0 Å². The Morgan fingerprint density at radius 3 is 2.76 bits per heavy atom. The maximum absolute atomic E-state index is 12.1. The Bertz CT molecular complexity index is 516. The molecule has 1 heterocycles. The standard InChI is InChI=1S/C16H21N3O2/c1-14-3-2-4-15(13-14)21-12-5-16(20)19-10-8-18(7-6-17)9-11-19/h2-4,13H,5,7-12H2,1H3. The quantitative estimate of drug-likeness (QED) is 0.769. The number of ether oxygens (including phenoxy) is 1. The van der Waals surface area contributed by atoms with Crippen LogP contribution in [0, 0.1) is 18.3 Å². The molecule has 0 N–H and O–H groups in total. The van der Waals surface area contributed by atoms with Crippen molar-refractivity contribution in [2.45, 2.75) is 13.3 Å². The van der Waals surface area contributed by atoms with Gasteiger partial charge in [0.1, 0.15) is 5.75 Å². The lowest BCUT2D eigenvalue weighted by Crippen LogP contribution is -2.48. The molecular formula is C16H21N3O2. The molecule has 1 aliphatic heterocycles. The van der Waals surface area contributed by atoms with Crippen molar-refractivity contribution in [2.75, 3.05) is 39.3 Å². The summed E-state index contributed by atoms with van der Waals surface area (Å²) in [6.07, 6.45) is 0.395. The summed E-state index contributed by atoms with van der Waals surface area (Å²) in [6, 6.07) is 9.96. The molecule has 2 rings (SSSR count). The van der Waals surface area contributed by atoms with Gasteiger partial charge in [0.15, 0.2) is 0 Å². The van der Waals surface area contributed by atoms with Crippen LogP contribution in [0.4, 0.5) is 0 Å². The highest BCUT2D eigenvalue weighted by molar-refractivity contribution is 5.76. The van der Waals surface area contributed by atoms with Crippen LogP contribution in [0.2, 0.25) is 0 Å². The molecule has 0 unspecified atom stereocenters. The highest BCUT2D eigenvalue weighted by Crippen LogP contribution is 2.13. The van der Waals surface area contributed by atoms with E-state index in [1.807, 2.05) is 36.1 Å². The van der Waals surface area contributed by atoms with Crippen molar-refractivity contribution in [3.05, 3.63) is 29.8 Å². The fourth-order valence-corrected chi connectivity index (χ4v) is 2.37. The number of rotatable bonds is 5. The van der Waals surface area contributed by atoms with Crippen LogP contribution in [-0.2, 0) is 4.79 Å². The Labute approximate surface area is 125 Å². The first-order chi connectivity index (χ1) is 10.2. The molecule has 1 aliphatic rings. The summed E-state index contributed by atoms with van der Waals surface area (Å²) in [4.78, 5) is 16.0. The molecule has 0 aliphatic carbocycles. The highest BCUT2D eigenvalue weighted by atomic mass is 16.5. The van der Waals surface area contributed by atoms with Crippen molar-refractivity contribution < 1.29 is 9.53 Å². The number of aryl methyl sites for hydroxylation is 1. The first-order valence-electron chi connectivity index (χ1n) is 7.25. The van der Waals surface area contributed by atoms with Gasteiger partial charge in [-0.1, -0.05) is 12.1 Å². The highest BCUT2D eigenvalue weighted by Gasteiger charge is 2.20. The third-order valence-corrected chi connectivity index (χ3v) is 3.59. The van der Waals surface area contributed by atoms with Gasteiger partial charge in [-0.25, -0.2) is 0 Å². The number of carbonyl (C=O) groups excluding carboxylic acids is 1. The van der Waals surface area contributed by atoms with E-state index in [1.165, 1.54) is 0 Å². The zero-order valence-electron chi connectivity index (χ0n) is 12.4. The largest absolute Gasteiger partial charge is 0.493 e. The van der Waals surface area contributed by atoms with Crippen LogP contribution in [0.1, 0.15) is 12.0 Å². The number of hydrogen-bond donors (Lipinski definition) is 0. The minimum atomic E-state index is 0.124. The summed E-state index contributed by atoms with van der Waals surface area (Å²) >= 11 is 0. The van der Waals surface area contributed by atoms with E-state index in [2.05, 4.69) is 11.0 Å². The number of amides is 1. The van der Waals surface area contributed by atoms with Gasteiger partial charge in [0.2, 0.25) is 5.91 Å². The van der Waals surface area contributed by atoms with Crippen LogP contribution in [0.5, 0.6) is 5.75 Å². The first kappa shape index (κ1) is 15.3. The zero-order valence-corrected chi connectivity index (χ0v) is 12.4. The fourth-order valence-electron chi connectivity index (χ4n) is 2.37.